The van der Waals surface area contributed by atoms with E-state index in [1.54, 1.807) is 0 Å². The van der Waals surface area contributed by atoms with Gasteiger partial charge in [-0.25, -0.2) is 0 Å². The highest BCUT2D eigenvalue weighted by molar-refractivity contribution is 5.23. The summed E-state index contributed by atoms with van der Waals surface area (Å²) in [6.45, 7) is 1.90. The summed E-state index contributed by atoms with van der Waals surface area (Å²) >= 11 is 0. The molecule has 0 unspecified atom stereocenters. The van der Waals surface area contributed by atoms with Crippen molar-refractivity contribution in [3.63, 3.8) is 0 Å². The van der Waals surface area contributed by atoms with Crippen molar-refractivity contribution in [2.24, 2.45) is 5.73 Å². The molecule has 1 saturated heterocycles. The molecule has 0 spiro atoms. The van der Waals surface area contributed by atoms with E-state index in [0.29, 0.717) is 13.1 Å². The Kier molecular flexibility index (Phi) is 4.47. The number of benzene rings is 1. The van der Waals surface area contributed by atoms with Gasteiger partial charge in [0.05, 0.1) is 0 Å². The molecule has 5 heteroatoms. The number of alkyl halides is 3. The van der Waals surface area contributed by atoms with Crippen molar-refractivity contribution >= 4 is 0 Å². The number of halogens is 3. The fraction of sp³-hybridized carbons (Fsp3) is 0.571. The van der Waals surface area contributed by atoms with Gasteiger partial charge < -0.3 is 10.6 Å². The van der Waals surface area contributed by atoms with Crippen LogP contribution in [0.25, 0.3) is 0 Å². The van der Waals surface area contributed by atoms with Crippen molar-refractivity contribution in [1.82, 2.24) is 4.90 Å². The highest BCUT2D eigenvalue weighted by Gasteiger charge is 2.32. The van der Waals surface area contributed by atoms with Crippen LogP contribution in [-0.2, 0) is 0 Å². The van der Waals surface area contributed by atoms with Gasteiger partial charge in [-0.05, 0) is 18.5 Å². The quantitative estimate of drug-likeness (QED) is 0.913. The minimum absolute atomic E-state index is 0.00767. The number of likely N-dealkylation sites (tertiary alicyclic amines) is 1. The van der Waals surface area contributed by atoms with E-state index < -0.39 is 12.6 Å². The van der Waals surface area contributed by atoms with Crippen molar-refractivity contribution < 1.29 is 13.2 Å². The Hall–Kier alpha value is -1.07. The molecule has 0 amide bonds. The first-order valence-electron chi connectivity index (χ1n) is 6.55. The molecule has 2 rings (SSSR count). The highest BCUT2D eigenvalue weighted by atomic mass is 19.4. The molecule has 0 aromatic heterocycles. The summed E-state index contributed by atoms with van der Waals surface area (Å²) in [4.78, 5) is 2.04. The van der Waals surface area contributed by atoms with E-state index >= 15 is 0 Å². The summed E-state index contributed by atoms with van der Waals surface area (Å²) in [6.07, 6.45) is -4.62. The predicted molar refractivity (Wildman–Crippen MR) is 68.9 cm³/mol. The fourth-order valence-electron chi connectivity index (χ4n) is 2.65. The van der Waals surface area contributed by atoms with Crippen molar-refractivity contribution in [1.29, 1.82) is 0 Å². The largest absolute Gasteiger partial charge is 0.389 e. The summed E-state index contributed by atoms with van der Waals surface area (Å²) in [6, 6.07) is 9.95. The van der Waals surface area contributed by atoms with E-state index in [1.807, 2.05) is 35.2 Å². The zero-order valence-corrected chi connectivity index (χ0v) is 10.7. The van der Waals surface area contributed by atoms with Gasteiger partial charge in [0.1, 0.15) is 0 Å². The van der Waals surface area contributed by atoms with Crippen molar-refractivity contribution in [3.05, 3.63) is 35.9 Å². The minimum Gasteiger partial charge on any atom is -0.326 e. The lowest BCUT2D eigenvalue weighted by atomic mass is 9.95. The maximum Gasteiger partial charge on any atom is 0.389 e. The molecule has 19 heavy (non-hydrogen) atoms. The van der Waals surface area contributed by atoms with E-state index in [-0.39, 0.29) is 18.4 Å². The third-order valence-electron chi connectivity index (χ3n) is 3.60. The molecule has 1 heterocycles. The molecule has 1 fully saturated rings. The third-order valence-corrected chi connectivity index (χ3v) is 3.60. The fourth-order valence-corrected chi connectivity index (χ4v) is 2.65. The maximum absolute atomic E-state index is 12.1. The molecule has 2 N–H and O–H groups in total. The molecule has 0 aliphatic carbocycles. The summed E-state index contributed by atoms with van der Waals surface area (Å²) in [5, 5.41) is 0. The predicted octanol–water partition coefficient (Wildman–Crippen LogP) is 2.76. The summed E-state index contributed by atoms with van der Waals surface area (Å²) < 4.78 is 36.3. The van der Waals surface area contributed by atoms with Crippen LogP contribution >= 0.6 is 0 Å². The van der Waals surface area contributed by atoms with Gasteiger partial charge in [0, 0.05) is 31.5 Å². The summed E-state index contributed by atoms with van der Waals surface area (Å²) in [5.41, 5.74) is 7.27. The Balaban J connectivity index is 1.84. The molecule has 0 saturated carbocycles. The number of nitrogens with zero attached hydrogens (tertiary/aromatic N) is 1. The van der Waals surface area contributed by atoms with Gasteiger partial charge in [0.2, 0.25) is 0 Å². The maximum atomic E-state index is 12.1. The Bertz CT molecular complexity index is 391. The molecule has 1 aliphatic rings. The van der Waals surface area contributed by atoms with Gasteiger partial charge in [0.25, 0.3) is 0 Å². The Morgan fingerprint density at radius 2 is 1.84 bits per heavy atom. The lowest BCUT2D eigenvalue weighted by Gasteiger charge is -2.16. The second-order valence-corrected chi connectivity index (χ2v) is 5.16. The van der Waals surface area contributed by atoms with Crippen LogP contribution < -0.4 is 5.73 Å². The van der Waals surface area contributed by atoms with E-state index in [2.05, 4.69) is 0 Å². The molecule has 0 bridgehead atoms. The van der Waals surface area contributed by atoms with E-state index in [1.165, 1.54) is 5.56 Å². The Labute approximate surface area is 111 Å². The molecule has 1 aliphatic heterocycles. The standard InChI is InChI=1S/C14H19F3N2/c15-14(16,17)7-4-8-19-9-12(13(18)10-19)11-5-2-1-3-6-11/h1-3,5-6,12-13H,4,7-10,18H2/t12-,13+/m1/s1. The average molecular weight is 272 g/mol. The SMILES string of the molecule is N[C@H]1CN(CCCC(F)(F)F)C[C@@H]1c1ccccc1. The topological polar surface area (TPSA) is 29.3 Å². The van der Waals surface area contributed by atoms with Gasteiger partial charge in [-0.2, -0.15) is 13.2 Å². The van der Waals surface area contributed by atoms with Crippen LogP contribution in [0.1, 0.15) is 24.3 Å². The second kappa shape index (κ2) is 5.92. The zero-order valence-electron chi connectivity index (χ0n) is 10.7. The molecule has 2 atom stereocenters. The third kappa shape index (κ3) is 4.21. The van der Waals surface area contributed by atoms with Crippen LogP contribution in [0.3, 0.4) is 0 Å². The monoisotopic (exact) mass is 272 g/mol. The molecular formula is C14H19F3N2. The van der Waals surface area contributed by atoms with Crippen molar-refractivity contribution in [2.75, 3.05) is 19.6 Å². The van der Waals surface area contributed by atoms with E-state index in [9.17, 15) is 13.2 Å². The zero-order chi connectivity index (χ0) is 13.9. The lowest BCUT2D eigenvalue weighted by Crippen LogP contribution is -2.29. The number of hydrogen-bond donors (Lipinski definition) is 1. The first-order valence-corrected chi connectivity index (χ1v) is 6.55. The van der Waals surface area contributed by atoms with Gasteiger partial charge in [0.15, 0.2) is 0 Å². The average Bonchev–Trinajstić information content (AvgIpc) is 2.70. The number of rotatable bonds is 4. The van der Waals surface area contributed by atoms with Crippen LogP contribution in [-0.4, -0.2) is 36.8 Å². The molecule has 106 valence electrons. The molecule has 1 aromatic rings. The molecule has 1 aromatic carbocycles. The van der Waals surface area contributed by atoms with Crippen LogP contribution in [0.15, 0.2) is 30.3 Å². The van der Waals surface area contributed by atoms with E-state index in [4.69, 9.17) is 5.73 Å². The van der Waals surface area contributed by atoms with Crippen LogP contribution in [0, 0.1) is 0 Å². The number of hydrogen-bond acceptors (Lipinski definition) is 2. The lowest BCUT2D eigenvalue weighted by molar-refractivity contribution is -0.136. The first-order chi connectivity index (χ1) is 8.96. The Morgan fingerprint density at radius 3 is 2.47 bits per heavy atom. The first kappa shape index (κ1) is 14.3. The molecular weight excluding hydrogens is 253 g/mol. The normalized spacial score (nSPS) is 24.8. The summed E-state index contributed by atoms with van der Waals surface area (Å²) in [7, 11) is 0. The van der Waals surface area contributed by atoms with Gasteiger partial charge in [-0.3, -0.25) is 0 Å². The molecule has 0 radical (unpaired) electrons. The second-order valence-electron chi connectivity index (χ2n) is 5.16. The van der Waals surface area contributed by atoms with Crippen LogP contribution in [0.5, 0.6) is 0 Å². The smallest absolute Gasteiger partial charge is 0.326 e. The number of nitrogens with two attached hydrogens (primary N) is 1. The van der Waals surface area contributed by atoms with Gasteiger partial charge in [-0.1, -0.05) is 30.3 Å². The van der Waals surface area contributed by atoms with Crippen LogP contribution in [0.4, 0.5) is 13.2 Å². The van der Waals surface area contributed by atoms with E-state index in [0.717, 1.165) is 6.54 Å². The summed E-state index contributed by atoms with van der Waals surface area (Å²) in [5.74, 6) is 0.229. The van der Waals surface area contributed by atoms with Gasteiger partial charge in [-0.15, -0.1) is 0 Å². The minimum atomic E-state index is -4.05. The highest BCUT2D eigenvalue weighted by Crippen LogP contribution is 2.27. The van der Waals surface area contributed by atoms with Crippen molar-refractivity contribution in [2.45, 2.75) is 31.0 Å². The van der Waals surface area contributed by atoms with Gasteiger partial charge >= 0.3 is 6.18 Å². The van der Waals surface area contributed by atoms with Crippen molar-refractivity contribution in [3.8, 4) is 0 Å². The Morgan fingerprint density at radius 1 is 1.16 bits per heavy atom. The molecule has 2 nitrogen and oxygen atoms in total. The van der Waals surface area contributed by atoms with Crippen LogP contribution in [0.2, 0.25) is 0 Å².